The van der Waals surface area contributed by atoms with Crippen molar-refractivity contribution in [2.24, 2.45) is 0 Å². The van der Waals surface area contributed by atoms with Gasteiger partial charge in [0.25, 0.3) is 11.6 Å². The van der Waals surface area contributed by atoms with Crippen molar-refractivity contribution in [1.29, 1.82) is 0 Å². The SMILES string of the molecule is C[C@H]1CNCCN1C(=O)c1ccn(-c2cccc([N+](=O)[O-])c2)n1. The lowest BCUT2D eigenvalue weighted by Gasteiger charge is -2.33. The highest BCUT2D eigenvalue weighted by molar-refractivity contribution is 5.92. The summed E-state index contributed by atoms with van der Waals surface area (Å²) in [5, 5.41) is 18.4. The predicted octanol–water partition coefficient (Wildman–Crippen LogP) is 1.21. The molecule has 8 nitrogen and oxygen atoms in total. The van der Waals surface area contributed by atoms with Gasteiger partial charge in [0, 0.05) is 44.0 Å². The number of nitrogens with zero attached hydrogens (tertiary/aromatic N) is 4. The molecule has 1 aliphatic heterocycles. The van der Waals surface area contributed by atoms with Crippen LogP contribution in [0.15, 0.2) is 36.5 Å². The highest BCUT2D eigenvalue weighted by Gasteiger charge is 2.25. The molecule has 1 saturated heterocycles. The molecule has 0 aliphatic carbocycles. The van der Waals surface area contributed by atoms with Crippen molar-refractivity contribution in [2.45, 2.75) is 13.0 Å². The molecule has 2 heterocycles. The lowest BCUT2D eigenvalue weighted by Crippen LogP contribution is -2.52. The summed E-state index contributed by atoms with van der Waals surface area (Å²) in [5.74, 6) is -0.122. The number of non-ortho nitro benzene ring substituents is 1. The minimum Gasteiger partial charge on any atom is -0.332 e. The highest BCUT2D eigenvalue weighted by atomic mass is 16.6. The minimum atomic E-state index is -0.457. The zero-order valence-electron chi connectivity index (χ0n) is 12.7. The summed E-state index contributed by atoms with van der Waals surface area (Å²) in [4.78, 5) is 24.7. The van der Waals surface area contributed by atoms with Crippen LogP contribution in [-0.2, 0) is 0 Å². The molecule has 1 amide bonds. The van der Waals surface area contributed by atoms with Gasteiger partial charge in [-0.15, -0.1) is 0 Å². The van der Waals surface area contributed by atoms with Crippen LogP contribution in [-0.4, -0.2) is 51.2 Å². The van der Waals surface area contributed by atoms with Gasteiger partial charge in [0.1, 0.15) is 0 Å². The zero-order chi connectivity index (χ0) is 16.4. The van der Waals surface area contributed by atoms with E-state index < -0.39 is 4.92 Å². The Kier molecular flexibility index (Phi) is 4.07. The molecule has 1 aliphatic rings. The third kappa shape index (κ3) is 3.07. The van der Waals surface area contributed by atoms with E-state index in [1.54, 1.807) is 29.3 Å². The van der Waals surface area contributed by atoms with E-state index in [9.17, 15) is 14.9 Å². The fraction of sp³-hybridized carbons (Fsp3) is 0.333. The largest absolute Gasteiger partial charge is 0.332 e. The predicted molar refractivity (Wildman–Crippen MR) is 83.6 cm³/mol. The van der Waals surface area contributed by atoms with Gasteiger partial charge in [-0.2, -0.15) is 5.10 Å². The standard InChI is InChI=1S/C15H17N5O3/c1-11-10-16-6-8-18(11)15(21)14-5-7-19(17-14)12-3-2-4-13(9-12)20(22)23/h2-5,7,9,11,16H,6,8,10H2,1H3/t11-/m0/s1. The van der Waals surface area contributed by atoms with Gasteiger partial charge in [-0.1, -0.05) is 6.07 Å². The van der Waals surface area contributed by atoms with E-state index >= 15 is 0 Å². The minimum absolute atomic E-state index is 0.0124. The third-order valence-electron chi connectivity index (χ3n) is 3.88. The monoisotopic (exact) mass is 315 g/mol. The Morgan fingerprint density at radius 1 is 1.43 bits per heavy atom. The molecule has 0 saturated carbocycles. The van der Waals surface area contributed by atoms with Gasteiger partial charge in [0.15, 0.2) is 5.69 Å². The molecule has 1 N–H and O–H groups in total. The van der Waals surface area contributed by atoms with Crippen LogP contribution in [0.5, 0.6) is 0 Å². The third-order valence-corrected chi connectivity index (χ3v) is 3.88. The number of piperazine rings is 1. The molecule has 3 rings (SSSR count). The average Bonchev–Trinajstić information content (AvgIpc) is 3.05. The van der Waals surface area contributed by atoms with Crippen LogP contribution in [0, 0.1) is 10.1 Å². The summed E-state index contributed by atoms with van der Waals surface area (Å²) in [6.45, 7) is 4.16. The second kappa shape index (κ2) is 6.17. The van der Waals surface area contributed by atoms with E-state index in [0.29, 0.717) is 17.9 Å². The van der Waals surface area contributed by atoms with Gasteiger partial charge in [0.2, 0.25) is 0 Å². The number of rotatable bonds is 3. The van der Waals surface area contributed by atoms with E-state index in [4.69, 9.17) is 0 Å². The Morgan fingerprint density at radius 3 is 3.00 bits per heavy atom. The van der Waals surface area contributed by atoms with E-state index in [2.05, 4.69) is 10.4 Å². The van der Waals surface area contributed by atoms with Gasteiger partial charge >= 0.3 is 0 Å². The number of nitrogens with one attached hydrogen (secondary N) is 1. The smallest absolute Gasteiger partial charge is 0.274 e. The first-order chi connectivity index (χ1) is 11.1. The maximum Gasteiger partial charge on any atom is 0.274 e. The number of carbonyl (C=O) groups excluding carboxylic acids is 1. The molecular formula is C15H17N5O3. The van der Waals surface area contributed by atoms with Crippen LogP contribution >= 0.6 is 0 Å². The second-order valence-electron chi connectivity index (χ2n) is 5.47. The quantitative estimate of drug-likeness (QED) is 0.679. The highest BCUT2D eigenvalue weighted by Crippen LogP contribution is 2.17. The van der Waals surface area contributed by atoms with E-state index in [-0.39, 0.29) is 17.6 Å². The maximum atomic E-state index is 12.5. The van der Waals surface area contributed by atoms with Crippen LogP contribution in [0.4, 0.5) is 5.69 Å². The van der Waals surface area contributed by atoms with Crippen molar-refractivity contribution in [2.75, 3.05) is 19.6 Å². The number of benzene rings is 1. The van der Waals surface area contributed by atoms with Crippen molar-refractivity contribution < 1.29 is 9.72 Å². The lowest BCUT2D eigenvalue weighted by molar-refractivity contribution is -0.384. The Balaban J connectivity index is 1.84. The van der Waals surface area contributed by atoms with Gasteiger partial charge in [-0.05, 0) is 19.1 Å². The molecule has 0 bridgehead atoms. The number of amides is 1. The van der Waals surface area contributed by atoms with Crippen molar-refractivity contribution in [3.05, 3.63) is 52.3 Å². The summed E-state index contributed by atoms with van der Waals surface area (Å²) >= 11 is 0. The molecule has 0 radical (unpaired) electrons. The topological polar surface area (TPSA) is 93.3 Å². The van der Waals surface area contributed by atoms with Gasteiger partial charge < -0.3 is 10.2 Å². The normalized spacial score (nSPS) is 18.0. The second-order valence-corrected chi connectivity index (χ2v) is 5.47. The first-order valence-electron chi connectivity index (χ1n) is 7.38. The molecule has 1 aromatic heterocycles. The van der Waals surface area contributed by atoms with E-state index in [0.717, 1.165) is 13.1 Å². The first-order valence-corrected chi connectivity index (χ1v) is 7.38. The number of hydrogen-bond acceptors (Lipinski definition) is 5. The van der Waals surface area contributed by atoms with Crippen molar-refractivity contribution in [1.82, 2.24) is 20.0 Å². The molecule has 0 spiro atoms. The summed E-state index contributed by atoms with van der Waals surface area (Å²) in [5.41, 5.74) is 0.874. The van der Waals surface area contributed by atoms with Crippen molar-refractivity contribution in [3.8, 4) is 5.69 Å². The Morgan fingerprint density at radius 2 is 2.26 bits per heavy atom. The molecule has 1 aromatic carbocycles. The number of hydrogen-bond donors (Lipinski definition) is 1. The number of aromatic nitrogens is 2. The zero-order valence-corrected chi connectivity index (χ0v) is 12.7. The summed E-state index contributed by atoms with van der Waals surface area (Å²) in [7, 11) is 0. The van der Waals surface area contributed by atoms with Crippen LogP contribution in [0.25, 0.3) is 5.69 Å². The fourth-order valence-corrected chi connectivity index (χ4v) is 2.62. The van der Waals surface area contributed by atoms with Crippen LogP contribution in [0.2, 0.25) is 0 Å². The summed E-state index contributed by atoms with van der Waals surface area (Å²) in [6, 6.07) is 7.89. The number of carbonyl (C=O) groups is 1. The fourth-order valence-electron chi connectivity index (χ4n) is 2.62. The molecule has 120 valence electrons. The van der Waals surface area contributed by atoms with E-state index in [1.807, 2.05) is 6.92 Å². The van der Waals surface area contributed by atoms with Gasteiger partial charge in [-0.3, -0.25) is 14.9 Å². The summed E-state index contributed by atoms with van der Waals surface area (Å²) < 4.78 is 1.48. The Bertz CT molecular complexity index is 742. The molecule has 2 aromatic rings. The van der Waals surface area contributed by atoms with Crippen molar-refractivity contribution >= 4 is 11.6 Å². The molecule has 0 unspecified atom stereocenters. The average molecular weight is 315 g/mol. The molecular weight excluding hydrogens is 298 g/mol. The number of nitro groups is 1. The van der Waals surface area contributed by atoms with Crippen molar-refractivity contribution in [3.63, 3.8) is 0 Å². The van der Waals surface area contributed by atoms with E-state index in [1.165, 1.54) is 16.8 Å². The van der Waals surface area contributed by atoms with Crippen LogP contribution in [0.1, 0.15) is 17.4 Å². The molecule has 23 heavy (non-hydrogen) atoms. The molecule has 1 atom stereocenters. The van der Waals surface area contributed by atoms with Crippen LogP contribution < -0.4 is 5.32 Å². The Hall–Kier alpha value is -2.74. The van der Waals surface area contributed by atoms with Gasteiger partial charge in [0.05, 0.1) is 10.6 Å². The maximum absolute atomic E-state index is 12.5. The molecule has 1 fully saturated rings. The molecule has 8 heteroatoms. The summed E-state index contributed by atoms with van der Waals surface area (Å²) in [6.07, 6.45) is 1.64. The Labute approximate surface area is 132 Å². The lowest BCUT2D eigenvalue weighted by atomic mass is 10.2. The van der Waals surface area contributed by atoms with Crippen LogP contribution in [0.3, 0.4) is 0 Å². The number of nitro benzene ring substituents is 1. The first kappa shape index (κ1) is 15.2. The van der Waals surface area contributed by atoms with Gasteiger partial charge in [-0.25, -0.2) is 4.68 Å².